The number of amides is 3. The van der Waals surface area contributed by atoms with Crippen molar-refractivity contribution in [2.24, 2.45) is 0 Å². The van der Waals surface area contributed by atoms with Gasteiger partial charge in [0, 0.05) is 49.0 Å². The molecular weight excluding hydrogens is 558 g/mol. The predicted octanol–water partition coefficient (Wildman–Crippen LogP) is 1.37. The maximum Gasteiger partial charge on any atom is 0.336 e. The average molecular weight is 584 g/mol. The van der Waals surface area contributed by atoms with Gasteiger partial charge in [-0.2, -0.15) is 0 Å². The van der Waals surface area contributed by atoms with Crippen molar-refractivity contribution in [3.8, 4) is 11.4 Å². The third kappa shape index (κ3) is 5.30. The van der Waals surface area contributed by atoms with E-state index in [1.807, 2.05) is 6.07 Å². The molecule has 2 saturated heterocycles. The molecule has 2 aliphatic rings. The number of fused-ring (bicyclic) bond motifs is 1. The highest BCUT2D eigenvalue weighted by molar-refractivity contribution is 6.45. The van der Waals surface area contributed by atoms with Gasteiger partial charge in [-0.25, -0.2) is 9.78 Å². The summed E-state index contributed by atoms with van der Waals surface area (Å²) in [5.74, 6) is -3.36. The third-order valence-corrected chi connectivity index (χ3v) is 7.36. The first-order valence-electron chi connectivity index (χ1n) is 13.4. The molecule has 0 saturated carbocycles. The van der Waals surface area contributed by atoms with E-state index < -0.39 is 35.8 Å². The van der Waals surface area contributed by atoms with Crippen LogP contribution in [0.4, 0.5) is 5.82 Å². The van der Waals surface area contributed by atoms with Crippen LogP contribution in [0.15, 0.2) is 61.2 Å². The van der Waals surface area contributed by atoms with Crippen LogP contribution in [0.5, 0.6) is 0 Å². The second-order valence-electron chi connectivity index (χ2n) is 10.2. The molecule has 3 amide bonds. The highest BCUT2D eigenvalue weighted by atomic mass is 16.6. The summed E-state index contributed by atoms with van der Waals surface area (Å²) in [7, 11) is 0. The minimum Gasteiger partial charge on any atom is -0.479 e. The van der Waals surface area contributed by atoms with E-state index in [9.17, 15) is 24.0 Å². The topological polar surface area (TPSA) is 191 Å². The molecule has 0 spiro atoms. The molecule has 43 heavy (non-hydrogen) atoms. The number of aromatic nitrogens is 4. The Hall–Kier alpha value is -5.50. The van der Waals surface area contributed by atoms with E-state index in [2.05, 4.69) is 25.3 Å². The molecule has 4 aromatic rings. The van der Waals surface area contributed by atoms with Crippen molar-refractivity contribution in [1.82, 2.24) is 29.7 Å². The summed E-state index contributed by atoms with van der Waals surface area (Å²) in [5.41, 5.74) is 1.73. The van der Waals surface area contributed by atoms with Crippen molar-refractivity contribution in [3.05, 3.63) is 72.3 Å². The van der Waals surface area contributed by atoms with Gasteiger partial charge in [0.05, 0.1) is 23.5 Å². The van der Waals surface area contributed by atoms with Crippen LogP contribution in [-0.2, 0) is 19.1 Å². The first kappa shape index (κ1) is 27.7. The number of pyridine rings is 1. The van der Waals surface area contributed by atoms with E-state index in [1.54, 1.807) is 42.2 Å². The number of anilines is 1. The summed E-state index contributed by atoms with van der Waals surface area (Å²) in [6.45, 7) is 2.61. The molecule has 3 unspecified atom stereocenters. The molecule has 0 aliphatic carbocycles. The molecule has 14 nitrogen and oxygen atoms in total. The van der Waals surface area contributed by atoms with Gasteiger partial charge in [0.2, 0.25) is 0 Å². The summed E-state index contributed by atoms with van der Waals surface area (Å²) in [5, 5.41) is 11.9. The Labute approximate surface area is 243 Å². The zero-order valence-corrected chi connectivity index (χ0v) is 22.8. The van der Waals surface area contributed by atoms with E-state index in [4.69, 9.17) is 9.84 Å². The highest BCUT2D eigenvalue weighted by Gasteiger charge is 2.50. The number of aliphatic carboxylic acids is 1. The lowest BCUT2D eigenvalue weighted by molar-refractivity contribution is -0.138. The van der Waals surface area contributed by atoms with Gasteiger partial charge in [-0.1, -0.05) is 18.2 Å². The number of hydrogen-bond donors (Lipinski definition) is 3. The number of rotatable bonds is 7. The van der Waals surface area contributed by atoms with Crippen molar-refractivity contribution in [2.75, 3.05) is 25.0 Å². The molecule has 6 rings (SSSR count). The number of carboxylic acids is 1. The molecule has 5 heterocycles. The van der Waals surface area contributed by atoms with Crippen molar-refractivity contribution in [2.45, 2.75) is 25.2 Å². The maximum atomic E-state index is 13.4. The van der Waals surface area contributed by atoms with Crippen LogP contribution in [0, 0.1) is 0 Å². The Bertz CT molecular complexity index is 1770. The highest BCUT2D eigenvalue weighted by Crippen LogP contribution is 2.29. The van der Waals surface area contributed by atoms with E-state index in [1.165, 1.54) is 29.7 Å². The largest absolute Gasteiger partial charge is 0.479 e. The van der Waals surface area contributed by atoms with Gasteiger partial charge in [-0.3, -0.25) is 29.1 Å². The van der Waals surface area contributed by atoms with Gasteiger partial charge in [-0.15, -0.1) is 0 Å². The number of benzene rings is 1. The molecule has 14 heteroatoms. The van der Waals surface area contributed by atoms with Crippen molar-refractivity contribution < 1.29 is 33.8 Å². The average Bonchev–Trinajstić information content (AvgIpc) is 3.73. The number of aromatic amines is 1. The molecular formula is C29H25N7O7. The number of piperazine rings is 1. The molecule has 0 radical (unpaired) electrons. The normalized spacial score (nSPS) is 19.6. The molecule has 218 valence electrons. The smallest absolute Gasteiger partial charge is 0.336 e. The molecule has 3 N–H and O–H groups in total. The predicted molar refractivity (Wildman–Crippen MR) is 150 cm³/mol. The lowest BCUT2D eigenvalue weighted by Gasteiger charge is -2.39. The molecule has 0 bridgehead atoms. The fourth-order valence-corrected chi connectivity index (χ4v) is 5.13. The number of carbonyl (C=O) groups excluding carboxylic acids is 4. The van der Waals surface area contributed by atoms with Crippen LogP contribution >= 0.6 is 0 Å². The lowest BCUT2D eigenvalue weighted by atomic mass is 10.1. The van der Waals surface area contributed by atoms with Gasteiger partial charge in [0.25, 0.3) is 23.5 Å². The number of H-pyrrole nitrogens is 1. The van der Waals surface area contributed by atoms with Crippen molar-refractivity contribution >= 4 is 46.2 Å². The number of nitrogens with one attached hydrogen (secondary N) is 2. The van der Waals surface area contributed by atoms with Gasteiger partial charge in [0.1, 0.15) is 11.4 Å². The minimum absolute atomic E-state index is 0.0536. The fourth-order valence-electron chi connectivity index (χ4n) is 5.13. The Balaban J connectivity index is 1.17. The number of nitrogens with zero attached hydrogens (tertiary/aromatic N) is 5. The Morgan fingerprint density at radius 3 is 2.56 bits per heavy atom. The Morgan fingerprint density at radius 1 is 1.05 bits per heavy atom. The fraction of sp³-hybridized carbons (Fsp3) is 0.241. The minimum atomic E-state index is -1.23. The van der Waals surface area contributed by atoms with Gasteiger partial charge in [-0.05, 0) is 25.1 Å². The standard InChI is InChI=1S/C29H25N7O7/c1-15-14-35(27(39)16-5-3-2-4-6-16)9-10-36(15)28(40)23(37)18-11-32-21-17(18)7-8-31-22(21)19-12-30-13-20(33-19)34-26(38)24-25(43-24)29(41)42/h2-8,11-13,15,24-25,32H,9-10,14H2,1H3,(H,41,42)(H,33,34,38). The summed E-state index contributed by atoms with van der Waals surface area (Å²) in [6.07, 6.45) is 3.28. The number of ketones is 1. The number of epoxide rings is 1. The van der Waals surface area contributed by atoms with Crippen LogP contribution in [0.2, 0.25) is 0 Å². The lowest BCUT2D eigenvalue weighted by Crippen LogP contribution is -2.56. The van der Waals surface area contributed by atoms with Crippen LogP contribution < -0.4 is 5.32 Å². The van der Waals surface area contributed by atoms with Crippen LogP contribution in [0.3, 0.4) is 0 Å². The third-order valence-electron chi connectivity index (χ3n) is 7.36. The van der Waals surface area contributed by atoms with E-state index in [0.29, 0.717) is 35.2 Å². The first-order valence-corrected chi connectivity index (χ1v) is 13.4. The van der Waals surface area contributed by atoms with Gasteiger partial charge >= 0.3 is 5.97 Å². The quantitative estimate of drug-likeness (QED) is 0.163. The summed E-state index contributed by atoms with van der Waals surface area (Å²) < 4.78 is 4.86. The number of hydrogen-bond acceptors (Lipinski definition) is 9. The van der Waals surface area contributed by atoms with E-state index in [0.717, 1.165) is 0 Å². The second-order valence-corrected chi connectivity index (χ2v) is 10.2. The zero-order valence-electron chi connectivity index (χ0n) is 22.8. The number of Topliss-reactive ketones (excluding diaryl/α,β-unsaturated/α-hetero) is 1. The van der Waals surface area contributed by atoms with Crippen LogP contribution in [-0.4, -0.2) is 102 Å². The Kier molecular flexibility index (Phi) is 7.11. The molecule has 1 aromatic carbocycles. The van der Waals surface area contributed by atoms with Gasteiger partial charge < -0.3 is 29.9 Å². The van der Waals surface area contributed by atoms with Gasteiger partial charge in [0.15, 0.2) is 18.0 Å². The van der Waals surface area contributed by atoms with Crippen molar-refractivity contribution in [1.29, 1.82) is 0 Å². The number of carboxylic acid groups (broad SMARTS) is 1. The van der Waals surface area contributed by atoms with Crippen LogP contribution in [0.1, 0.15) is 27.6 Å². The first-order chi connectivity index (χ1) is 20.7. The summed E-state index contributed by atoms with van der Waals surface area (Å²) in [4.78, 5) is 81.9. The van der Waals surface area contributed by atoms with Crippen molar-refractivity contribution in [3.63, 3.8) is 0 Å². The monoisotopic (exact) mass is 583 g/mol. The Morgan fingerprint density at radius 2 is 1.84 bits per heavy atom. The molecule has 2 fully saturated rings. The van der Waals surface area contributed by atoms with E-state index >= 15 is 0 Å². The zero-order chi connectivity index (χ0) is 30.2. The van der Waals surface area contributed by atoms with Crippen LogP contribution in [0.25, 0.3) is 22.3 Å². The second kappa shape index (κ2) is 11.1. The number of ether oxygens (including phenoxy) is 1. The summed E-state index contributed by atoms with van der Waals surface area (Å²) >= 11 is 0. The molecule has 3 atom stereocenters. The molecule has 2 aliphatic heterocycles. The number of carbonyl (C=O) groups is 5. The maximum absolute atomic E-state index is 13.4. The summed E-state index contributed by atoms with van der Waals surface area (Å²) in [6, 6.07) is 10.1. The SMILES string of the molecule is CC1CN(C(=O)c2ccccc2)CCN1C(=O)C(=O)c1c[nH]c2c(-c3cncc(NC(=O)C4OC4C(=O)O)n3)nccc12. The molecule has 3 aromatic heterocycles. The van der Waals surface area contributed by atoms with E-state index in [-0.39, 0.29) is 35.6 Å².